The largest absolute Gasteiger partial charge is 0.506 e. The molecule has 6 aromatic rings. The summed E-state index contributed by atoms with van der Waals surface area (Å²) in [5.41, 5.74) is 6.58. The van der Waals surface area contributed by atoms with Crippen LogP contribution in [0.2, 0.25) is 5.02 Å². The number of rotatable bonds is 23. The maximum atomic E-state index is 15.4. The number of aliphatic hydroxyl groups excluding tert-OH is 1. The number of ether oxygens (including phenoxy) is 3. The van der Waals surface area contributed by atoms with Crippen molar-refractivity contribution in [2.75, 3.05) is 44.4 Å². The van der Waals surface area contributed by atoms with Crippen LogP contribution in [0.4, 0.5) is 10.1 Å². The van der Waals surface area contributed by atoms with Gasteiger partial charge in [-0.2, -0.15) is 0 Å². The van der Waals surface area contributed by atoms with Crippen LogP contribution >= 0.6 is 22.9 Å². The van der Waals surface area contributed by atoms with E-state index >= 15 is 4.39 Å². The Kier molecular flexibility index (Phi) is 18.5. The van der Waals surface area contributed by atoms with Crippen LogP contribution in [-0.4, -0.2) is 111 Å². The lowest BCUT2D eigenvalue weighted by Gasteiger charge is -2.38. The average Bonchev–Trinajstić information content (AvgIpc) is 4.25. The lowest BCUT2D eigenvalue weighted by atomic mass is 9.78. The van der Waals surface area contributed by atoms with Crippen molar-refractivity contribution in [3.05, 3.63) is 142 Å². The Morgan fingerprint density at radius 2 is 1.70 bits per heavy atom. The van der Waals surface area contributed by atoms with Gasteiger partial charge in [0.25, 0.3) is 0 Å². The number of phenolic OH excluding ortho intramolecular Hbond substituents is 1. The van der Waals surface area contributed by atoms with E-state index in [1.165, 1.54) is 11.0 Å². The van der Waals surface area contributed by atoms with Crippen molar-refractivity contribution in [1.82, 2.24) is 35.5 Å². The third kappa shape index (κ3) is 13.9. The highest BCUT2D eigenvalue weighted by atomic mass is 35.5. The summed E-state index contributed by atoms with van der Waals surface area (Å²) >= 11 is 8.14. The number of carbonyl (C=O) groups excluding carboxylic acids is 3. The van der Waals surface area contributed by atoms with Gasteiger partial charge in [0.05, 0.1) is 65.8 Å². The zero-order chi connectivity index (χ0) is 54.0. The van der Waals surface area contributed by atoms with Crippen LogP contribution in [0.25, 0.3) is 10.4 Å². The zero-order valence-corrected chi connectivity index (χ0v) is 45.3. The van der Waals surface area contributed by atoms with Crippen LogP contribution in [0, 0.1) is 18.2 Å². The summed E-state index contributed by atoms with van der Waals surface area (Å²) in [5, 5.41) is 35.6. The molecule has 0 unspecified atom stereocenters. The highest BCUT2D eigenvalue weighted by Gasteiger charge is 2.45. The number of benzene rings is 4. The second-order valence-corrected chi connectivity index (χ2v) is 22.1. The Balaban J connectivity index is 0.763. The SMILES string of the molecule is Cc1ncsc1-c1ccc([C@@H](C)NC(=O)[C@@H]2C[C@@H](O)CN2C(=O)[C@H](NC(=O)COCCOCc2cn(CCOc3ccc(N(Cc4cccc(O)c4Cl)CC4(c5ccccc5F)CCCC4)cc3)nn2)C(C)(C)C)cc1. The van der Waals surface area contributed by atoms with Crippen molar-refractivity contribution in [2.45, 2.75) is 116 Å². The van der Waals surface area contributed by atoms with Gasteiger partial charge in [-0.1, -0.05) is 105 Å². The predicted octanol–water partition coefficient (Wildman–Crippen LogP) is 8.71. The summed E-state index contributed by atoms with van der Waals surface area (Å²) in [5.74, 6) is -0.880. The van der Waals surface area contributed by atoms with Gasteiger partial charge in [0.2, 0.25) is 17.7 Å². The Hall–Kier alpha value is -6.44. The van der Waals surface area contributed by atoms with Crippen molar-refractivity contribution >= 4 is 46.3 Å². The van der Waals surface area contributed by atoms with Gasteiger partial charge in [-0.3, -0.25) is 14.4 Å². The van der Waals surface area contributed by atoms with Gasteiger partial charge < -0.3 is 44.9 Å². The number of β-amino-alcohol motifs (C(OH)–C–C–N with tert-alkyl or cyclic N) is 1. The van der Waals surface area contributed by atoms with E-state index in [2.05, 4.69) is 30.8 Å². The molecule has 2 fully saturated rings. The molecule has 404 valence electrons. The number of nitrogens with zero attached hydrogens (tertiary/aromatic N) is 6. The molecule has 16 nitrogen and oxygen atoms in total. The Bertz CT molecular complexity index is 2910. The molecule has 1 aliphatic heterocycles. The van der Waals surface area contributed by atoms with Crippen molar-refractivity contribution in [3.63, 3.8) is 0 Å². The number of likely N-dealkylation sites (tertiary alicyclic amines) is 1. The second-order valence-electron chi connectivity index (χ2n) is 20.9. The first kappa shape index (κ1) is 55.8. The van der Waals surface area contributed by atoms with E-state index in [1.54, 1.807) is 40.4 Å². The number of hydrogen-bond acceptors (Lipinski definition) is 13. The number of phenols is 1. The molecule has 19 heteroatoms. The number of thiazole rings is 1. The van der Waals surface area contributed by atoms with E-state index in [4.69, 9.17) is 25.8 Å². The minimum atomic E-state index is -0.998. The molecule has 0 bridgehead atoms. The summed E-state index contributed by atoms with van der Waals surface area (Å²) in [7, 11) is 0. The van der Waals surface area contributed by atoms with E-state index < -0.39 is 35.4 Å². The topological polar surface area (TPSA) is 194 Å². The molecule has 3 heterocycles. The summed E-state index contributed by atoms with van der Waals surface area (Å²) < 4.78 is 34.5. The summed E-state index contributed by atoms with van der Waals surface area (Å²) in [4.78, 5) is 49.9. The van der Waals surface area contributed by atoms with Gasteiger partial charge in [0.15, 0.2) is 0 Å². The van der Waals surface area contributed by atoms with Crippen LogP contribution in [0.3, 0.4) is 0 Å². The zero-order valence-electron chi connectivity index (χ0n) is 43.7. The monoisotopic (exact) mass is 1080 g/mol. The molecule has 1 saturated carbocycles. The summed E-state index contributed by atoms with van der Waals surface area (Å²) in [6.07, 6.45) is 4.69. The molecule has 2 aliphatic rings. The minimum Gasteiger partial charge on any atom is -0.506 e. The minimum absolute atomic E-state index is 0.0138. The number of anilines is 1. The van der Waals surface area contributed by atoms with Gasteiger partial charge in [-0.05, 0) is 90.8 Å². The normalized spacial score (nSPS) is 17.1. The number of aromatic nitrogens is 4. The number of nitrogens with one attached hydrogen (secondary N) is 2. The fourth-order valence-electron chi connectivity index (χ4n) is 10.2. The standard InChI is InChI=1S/C57H68ClFN8O8S/c1-37(39-15-17-40(18-16-39)52-38(2)60-36-76-52)61-54(71)48-29-44(68)32-67(48)55(72)53(56(3,4)5)62-50(70)34-74-28-27-73-33-42-31-66(64-63-42)25-26-75-45-21-19-43(20-22-45)65(30-41-11-10-14-49(69)51(41)58)35-57(23-8-9-24-57)46-12-6-7-13-47(46)59/h6-7,10-22,31,36-37,44,48,53,68-69H,8-9,23-30,32-35H2,1-5H3,(H,61,71)(H,62,70)/t37-,44-,48+,53+/m1/s1. The van der Waals surface area contributed by atoms with Crippen LogP contribution < -0.4 is 20.3 Å². The fourth-order valence-corrected chi connectivity index (χ4v) is 11.2. The molecule has 0 spiro atoms. The molecular weight excluding hydrogens is 1010 g/mol. The van der Waals surface area contributed by atoms with Gasteiger partial charge in [-0.15, -0.1) is 16.4 Å². The van der Waals surface area contributed by atoms with Gasteiger partial charge in [-0.25, -0.2) is 14.1 Å². The van der Waals surface area contributed by atoms with Crippen molar-refractivity contribution in [2.24, 2.45) is 5.41 Å². The number of carbonyl (C=O) groups is 3. The van der Waals surface area contributed by atoms with E-state index in [-0.39, 0.29) is 68.3 Å². The molecule has 76 heavy (non-hydrogen) atoms. The smallest absolute Gasteiger partial charge is 0.246 e. The highest BCUT2D eigenvalue weighted by Crippen LogP contribution is 2.44. The number of aryl methyl sites for hydroxylation is 1. The summed E-state index contributed by atoms with van der Waals surface area (Å²) in [6, 6.07) is 25.7. The van der Waals surface area contributed by atoms with Crippen molar-refractivity contribution in [3.8, 4) is 21.9 Å². The molecule has 1 aliphatic carbocycles. The molecule has 2 aromatic heterocycles. The van der Waals surface area contributed by atoms with Crippen LogP contribution in [0.5, 0.6) is 11.5 Å². The molecule has 0 radical (unpaired) electrons. The lowest BCUT2D eigenvalue weighted by Crippen LogP contribution is -2.58. The van der Waals surface area contributed by atoms with E-state index in [0.717, 1.165) is 64.2 Å². The quantitative estimate of drug-likeness (QED) is 0.0447. The first-order chi connectivity index (χ1) is 36.5. The maximum absolute atomic E-state index is 15.4. The first-order valence-electron chi connectivity index (χ1n) is 25.8. The Morgan fingerprint density at radius 1 is 0.961 bits per heavy atom. The predicted molar refractivity (Wildman–Crippen MR) is 290 cm³/mol. The molecule has 4 N–H and O–H groups in total. The molecular formula is C57H68ClFN8O8S. The second kappa shape index (κ2) is 25.1. The number of aromatic hydroxyl groups is 1. The molecule has 4 aromatic carbocycles. The van der Waals surface area contributed by atoms with E-state index in [0.29, 0.717) is 42.7 Å². The van der Waals surface area contributed by atoms with Gasteiger partial charge in [0, 0.05) is 37.2 Å². The van der Waals surface area contributed by atoms with Crippen molar-refractivity contribution in [1.29, 1.82) is 0 Å². The highest BCUT2D eigenvalue weighted by molar-refractivity contribution is 7.13. The molecule has 8 rings (SSSR count). The maximum Gasteiger partial charge on any atom is 0.246 e. The number of amides is 3. The average molecular weight is 1080 g/mol. The van der Waals surface area contributed by atoms with E-state index in [9.17, 15) is 24.6 Å². The fraction of sp³-hybridized carbons (Fsp3) is 0.439. The van der Waals surface area contributed by atoms with Crippen LogP contribution in [0.15, 0.2) is 103 Å². The third-order valence-corrected chi connectivity index (χ3v) is 15.6. The number of halogens is 2. The Morgan fingerprint density at radius 3 is 2.41 bits per heavy atom. The molecule has 4 atom stereocenters. The van der Waals surface area contributed by atoms with Gasteiger partial charge in [0.1, 0.15) is 48.3 Å². The lowest BCUT2D eigenvalue weighted by molar-refractivity contribution is -0.144. The Labute approximate surface area is 452 Å². The molecule has 1 saturated heterocycles. The van der Waals surface area contributed by atoms with Crippen molar-refractivity contribution < 1.29 is 43.2 Å². The van der Waals surface area contributed by atoms with Crippen LogP contribution in [-0.2, 0) is 49.0 Å². The summed E-state index contributed by atoms with van der Waals surface area (Å²) in [6.45, 7) is 11.1. The third-order valence-electron chi connectivity index (χ3n) is 14.2. The number of aliphatic hydroxyl groups is 1. The molecule has 3 amide bonds. The number of hydrogen-bond donors (Lipinski definition) is 4. The van der Waals surface area contributed by atoms with Crippen LogP contribution in [0.1, 0.15) is 93.9 Å². The van der Waals surface area contributed by atoms with Gasteiger partial charge >= 0.3 is 0 Å². The van der Waals surface area contributed by atoms with E-state index in [1.807, 2.05) is 107 Å². The first-order valence-corrected chi connectivity index (χ1v) is 27.1.